The van der Waals surface area contributed by atoms with Crippen LogP contribution in [0.5, 0.6) is 0 Å². The summed E-state index contributed by atoms with van der Waals surface area (Å²) in [5, 5.41) is 6.37. The maximum Gasteiger partial charge on any atom is 0.0491 e. The molecule has 1 saturated heterocycles. The fourth-order valence-electron chi connectivity index (χ4n) is 4.24. The second-order valence-electron chi connectivity index (χ2n) is 7.37. The van der Waals surface area contributed by atoms with Gasteiger partial charge in [-0.15, -0.1) is 0 Å². The molecule has 2 nitrogen and oxygen atoms in total. The zero-order valence-electron chi connectivity index (χ0n) is 13.6. The Morgan fingerprint density at radius 2 is 1.65 bits per heavy atom. The lowest BCUT2D eigenvalue weighted by Gasteiger charge is -2.23. The summed E-state index contributed by atoms with van der Waals surface area (Å²) in [7, 11) is 0. The molecule has 0 radical (unpaired) electrons. The van der Waals surface area contributed by atoms with Crippen LogP contribution in [0.3, 0.4) is 0 Å². The Hall–Kier alpha value is -1.80. The van der Waals surface area contributed by atoms with Gasteiger partial charge < -0.3 is 9.88 Å². The van der Waals surface area contributed by atoms with E-state index in [1.807, 2.05) is 0 Å². The highest BCUT2D eigenvalue weighted by molar-refractivity contribution is 6.08. The smallest absolute Gasteiger partial charge is 0.0491 e. The van der Waals surface area contributed by atoms with Gasteiger partial charge in [0.2, 0.25) is 0 Å². The third kappa shape index (κ3) is 2.36. The van der Waals surface area contributed by atoms with Gasteiger partial charge in [0.15, 0.2) is 0 Å². The third-order valence-electron chi connectivity index (χ3n) is 5.74. The van der Waals surface area contributed by atoms with E-state index in [0.29, 0.717) is 0 Å². The monoisotopic (exact) mass is 304 g/mol. The molecule has 2 fully saturated rings. The van der Waals surface area contributed by atoms with Crippen molar-refractivity contribution in [3.63, 3.8) is 0 Å². The third-order valence-corrected chi connectivity index (χ3v) is 5.74. The average molecular weight is 304 g/mol. The van der Waals surface area contributed by atoms with Crippen LogP contribution in [0.15, 0.2) is 42.5 Å². The van der Waals surface area contributed by atoms with Crippen LogP contribution in [0.2, 0.25) is 0 Å². The quantitative estimate of drug-likeness (QED) is 0.744. The number of nitrogens with zero attached hydrogens (tertiary/aromatic N) is 1. The summed E-state index contributed by atoms with van der Waals surface area (Å²) in [6.45, 7) is 3.51. The number of hydrogen-bond donors (Lipinski definition) is 1. The summed E-state index contributed by atoms with van der Waals surface area (Å²) in [6, 6.07) is 16.2. The molecule has 1 N–H and O–H groups in total. The fraction of sp³-hybridized carbons (Fsp3) is 0.429. The number of hydrogen-bond acceptors (Lipinski definition) is 1. The van der Waals surface area contributed by atoms with Crippen LogP contribution in [0.4, 0.5) is 0 Å². The molecule has 2 heteroatoms. The highest BCUT2D eigenvalue weighted by Gasteiger charge is 2.24. The van der Waals surface area contributed by atoms with Crippen molar-refractivity contribution >= 4 is 21.8 Å². The van der Waals surface area contributed by atoms with E-state index in [1.165, 1.54) is 59.6 Å². The molecular formula is C21H24N2. The first-order valence-corrected chi connectivity index (χ1v) is 9.12. The lowest BCUT2D eigenvalue weighted by molar-refractivity contribution is 0.460. The summed E-state index contributed by atoms with van der Waals surface area (Å²) < 4.78 is 2.56. The van der Waals surface area contributed by atoms with E-state index in [1.54, 1.807) is 0 Å². The zero-order valence-corrected chi connectivity index (χ0v) is 13.6. The van der Waals surface area contributed by atoms with Gasteiger partial charge in [0.1, 0.15) is 0 Å². The van der Waals surface area contributed by atoms with Crippen molar-refractivity contribution in [2.24, 2.45) is 5.92 Å². The predicted octanol–water partition coefficient (Wildman–Crippen LogP) is 4.67. The van der Waals surface area contributed by atoms with Crippen molar-refractivity contribution in [2.45, 2.75) is 38.1 Å². The van der Waals surface area contributed by atoms with E-state index < -0.39 is 0 Å². The molecule has 118 valence electrons. The first-order valence-electron chi connectivity index (χ1n) is 9.12. The first-order chi connectivity index (χ1) is 11.4. The Morgan fingerprint density at radius 3 is 2.48 bits per heavy atom. The van der Waals surface area contributed by atoms with Gasteiger partial charge >= 0.3 is 0 Å². The molecule has 0 unspecified atom stereocenters. The van der Waals surface area contributed by atoms with Gasteiger partial charge in [0.25, 0.3) is 0 Å². The molecule has 0 amide bonds. The molecule has 3 aromatic rings. The zero-order chi connectivity index (χ0) is 15.2. The molecule has 1 aromatic heterocycles. The molecule has 2 aliphatic rings. The number of aromatic nitrogens is 1. The Labute approximate surface area is 137 Å². The number of piperidine rings is 1. The molecule has 1 saturated carbocycles. The number of nitrogens with one attached hydrogen (secondary N) is 1. The largest absolute Gasteiger partial charge is 0.340 e. The number of rotatable bonds is 3. The van der Waals surface area contributed by atoms with E-state index in [-0.39, 0.29) is 0 Å². The summed E-state index contributed by atoms with van der Waals surface area (Å²) in [4.78, 5) is 0. The van der Waals surface area contributed by atoms with Crippen LogP contribution in [-0.2, 0) is 6.54 Å². The molecule has 5 rings (SSSR count). The summed E-state index contributed by atoms with van der Waals surface area (Å²) in [6.07, 6.45) is 5.35. The number of fused-ring (bicyclic) bond motifs is 3. The van der Waals surface area contributed by atoms with Crippen LogP contribution in [0.1, 0.15) is 37.2 Å². The maximum absolute atomic E-state index is 3.48. The topological polar surface area (TPSA) is 17.0 Å². The van der Waals surface area contributed by atoms with Crippen LogP contribution < -0.4 is 5.32 Å². The molecule has 2 aromatic carbocycles. The van der Waals surface area contributed by atoms with E-state index >= 15 is 0 Å². The van der Waals surface area contributed by atoms with Crippen molar-refractivity contribution in [2.75, 3.05) is 13.1 Å². The molecule has 0 atom stereocenters. The van der Waals surface area contributed by atoms with Crippen LogP contribution in [0.25, 0.3) is 21.8 Å². The van der Waals surface area contributed by atoms with Gasteiger partial charge in [-0.05, 0) is 74.4 Å². The molecule has 0 spiro atoms. The van der Waals surface area contributed by atoms with Crippen LogP contribution >= 0.6 is 0 Å². The maximum atomic E-state index is 3.48. The molecular weight excluding hydrogens is 280 g/mol. The Kier molecular flexibility index (Phi) is 3.19. The minimum absolute atomic E-state index is 0.728. The van der Waals surface area contributed by atoms with Crippen LogP contribution in [0, 0.1) is 5.92 Å². The van der Waals surface area contributed by atoms with E-state index in [0.717, 1.165) is 24.9 Å². The average Bonchev–Trinajstić information content (AvgIpc) is 3.39. The Morgan fingerprint density at radius 1 is 0.870 bits per heavy atom. The first kappa shape index (κ1) is 13.6. The standard InChI is InChI=1S/C21H24N2/c1-2-4-20-18(3-1)19-13-17(16-9-11-22-12-10-16)7-8-21(19)23(20)14-15-5-6-15/h1-4,7-8,13,15-16,22H,5-6,9-12,14H2. The van der Waals surface area contributed by atoms with Gasteiger partial charge in [0, 0.05) is 28.4 Å². The lowest BCUT2D eigenvalue weighted by Crippen LogP contribution is -2.26. The van der Waals surface area contributed by atoms with Crippen molar-refractivity contribution in [1.82, 2.24) is 9.88 Å². The van der Waals surface area contributed by atoms with Gasteiger partial charge in [-0.25, -0.2) is 0 Å². The van der Waals surface area contributed by atoms with E-state index in [4.69, 9.17) is 0 Å². The normalized spacial score (nSPS) is 19.7. The summed E-state index contributed by atoms with van der Waals surface area (Å²) in [5.41, 5.74) is 4.38. The molecule has 1 aliphatic carbocycles. The lowest BCUT2D eigenvalue weighted by atomic mass is 9.89. The van der Waals surface area contributed by atoms with Crippen molar-refractivity contribution in [3.8, 4) is 0 Å². The van der Waals surface area contributed by atoms with Gasteiger partial charge in [-0.3, -0.25) is 0 Å². The van der Waals surface area contributed by atoms with Gasteiger partial charge in [-0.1, -0.05) is 24.3 Å². The minimum atomic E-state index is 0.728. The number of para-hydroxylation sites is 1. The predicted molar refractivity (Wildman–Crippen MR) is 97.0 cm³/mol. The van der Waals surface area contributed by atoms with Crippen molar-refractivity contribution in [3.05, 3.63) is 48.0 Å². The molecule has 2 heterocycles. The molecule has 23 heavy (non-hydrogen) atoms. The fourth-order valence-corrected chi connectivity index (χ4v) is 4.24. The highest BCUT2D eigenvalue weighted by Crippen LogP contribution is 2.37. The minimum Gasteiger partial charge on any atom is -0.340 e. The molecule has 1 aliphatic heterocycles. The highest BCUT2D eigenvalue weighted by atomic mass is 15.0. The Bertz CT molecular complexity index is 851. The summed E-state index contributed by atoms with van der Waals surface area (Å²) in [5.74, 6) is 1.63. The number of benzene rings is 2. The van der Waals surface area contributed by atoms with Crippen molar-refractivity contribution < 1.29 is 0 Å². The van der Waals surface area contributed by atoms with E-state index in [2.05, 4.69) is 52.3 Å². The SMILES string of the molecule is c1ccc2c(c1)c1cc(C3CCNCC3)ccc1n2CC1CC1. The van der Waals surface area contributed by atoms with Gasteiger partial charge in [-0.2, -0.15) is 0 Å². The Balaban J connectivity index is 1.67. The second-order valence-corrected chi connectivity index (χ2v) is 7.37. The second kappa shape index (κ2) is 5.38. The van der Waals surface area contributed by atoms with E-state index in [9.17, 15) is 0 Å². The molecule has 0 bridgehead atoms. The van der Waals surface area contributed by atoms with Gasteiger partial charge in [0.05, 0.1) is 0 Å². The van der Waals surface area contributed by atoms with Crippen molar-refractivity contribution in [1.29, 1.82) is 0 Å². The summed E-state index contributed by atoms with van der Waals surface area (Å²) >= 11 is 0. The van der Waals surface area contributed by atoms with Crippen LogP contribution in [-0.4, -0.2) is 17.7 Å².